The molecule has 2 N–H and O–H groups in total. The Morgan fingerprint density at radius 2 is 1.26 bits per heavy atom. The summed E-state index contributed by atoms with van der Waals surface area (Å²) in [5.41, 5.74) is 9.32. The van der Waals surface area contributed by atoms with Crippen LogP contribution in [0.15, 0.2) is 89.8 Å². The van der Waals surface area contributed by atoms with Crippen molar-refractivity contribution in [1.82, 2.24) is 4.31 Å². The summed E-state index contributed by atoms with van der Waals surface area (Å²) in [5, 5.41) is 0. The maximum absolute atomic E-state index is 13.3. The molecule has 0 bridgehead atoms. The summed E-state index contributed by atoms with van der Waals surface area (Å²) in [6.45, 7) is 1.93. The Labute approximate surface area is 161 Å². The van der Waals surface area contributed by atoms with E-state index in [1.165, 1.54) is 4.31 Å². The first-order chi connectivity index (χ1) is 12.9. The maximum Gasteiger partial charge on any atom is 0.243 e. The Hall–Kier alpha value is -2.47. The summed E-state index contributed by atoms with van der Waals surface area (Å²) in [7, 11) is -2.11. The molecule has 0 saturated heterocycles. The van der Waals surface area contributed by atoms with E-state index in [4.69, 9.17) is 5.73 Å². The zero-order chi connectivity index (χ0) is 19.4. The van der Waals surface area contributed by atoms with E-state index in [0.717, 1.165) is 16.7 Å². The third-order valence-electron chi connectivity index (χ3n) is 4.76. The van der Waals surface area contributed by atoms with Crippen molar-refractivity contribution in [3.63, 3.8) is 0 Å². The largest absolute Gasteiger partial charge is 0.322 e. The van der Waals surface area contributed by atoms with Gasteiger partial charge in [-0.05, 0) is 30.2 Å². The molecule has 3 aromatic carbocycles. The highest BCUT2D eigenvalue weighted by atomic mass is 32.2. The van der Waals surface area contributed by atoms with Crippen molar-refractivity contribution in [2.24, 2.45) is 5.73 Å². The fraction of sp³-hybridized carbons (Fsp3) is 0.182. The molecule has 0 fully saturated rings. The van der Waals surface area contributed by atoms with Gasteiger partial charge in [0.25, 0.3) is 0 Å². The monoisotopic (exact) mass is 380 g/mol. The standard InChI is InChI=1S/C22H24N2O2S/c1-17-13-15-20(16-14-17)27(25,26)24(2)22(19-11-7-4-8-12-19)21(23)18-9-5-3-6-10-18/h3-16,21-22H,23H2,1-2H3/t21-,22-/m0/s1. The number of nitrogens with zero attached hydrogens (tertiary/aromatic N) is 1. The molecule has 3 rings (SSSR count). The lowest BCUT2D eigenvalue weighted by Crippen LogP contribution is -2.37. The van der Waals surface area contributed by atoms with Gasteiger partial charge in [-0.15, -0.1) is 0 Å². The molecule has 0 radical (unpaired) electrons. The Bertz CT molecular complexity index is 972. The zero-order valence-corrected chi connectivity index (χ0v) is 16.3. The minimum absolute atomic E-state index is 0.261. The molecule has 0 saturated carbocycles. The van der Waals surface area contributed by atoms with Crippen molar-refractivity contribution in [2.45, 2.75) is 23.9 Å². The quantitative estimate of drug-likeness (QED) is 0.701. The van der Waals surface area contributed by atoms with Gasteiger partial charge >= 0.3 is 0 Å². The molecule has 0 heterocycles. The van der Waals surface area contributed by atoms with Crippen LogP contribution in [-0.4, -0.2) is 19.8 Å². The number of nitrogens with two attached hydrogens (primary N) is 1. The van der Waals surface area contributed by atoms with Gasteiger partial charge in [0.2, 0.25) is 10.0 Å². The smallest absolute Gasteiger partial charge is 0.243 e. The minimum atomic E-state index is -3.70. The number of hydrogen-bond donors (Lipinski definition) is 1. The Morgan fingerprint density at radius 3 is 1.78 bits per heavy atom. The molecule has 0 unspecified atom stereocenters. The average Bonchev–Trinajstić information content (AvgIpc) is 2.70. The molecule has 4 nitrogen and oxygen atoms in total. The van der Waals surface area contributed by atoms with Gasteiger partial charge in [0, 0.05) is 7.05 Å². The highest BCUT2D eigenvalue weighted by molar-refractivity contribution is 7.89. The van der Waals surface area contributed by atoms with Crippen LogP contribution in [0.2, 0.25) is 0 Å². The molecular formula is C22H24N2O2S. The molecule has 0 aliphatic carbocycles. The van der Waals surface area contributed by atoms with E-state index in [9.17, 15) is 8.42 Å². The number of sulfonamides is 1. The molecule has 0 amide bonds. The molecule has 0 spiro atoms. The molecule has 0 aliphatic rings. The normalized spacial score (nSPS) is 14.1. The maximum atomic E-state index is 13.3. The van der Waals surface area contributed by atoms with E-state index >= 15 is 0 Å². The van der Waals surface area contributed by atoms with Crippen LogP contribution < -0.4 is 5.73 Å². The highest BCUT2D eigenvalue weighted by Gasteiger charge is 2.33. The number of hydrogen-bond acceptors (Lipinski definition) is 3. The molecule has 3 aromatic rings. The summed E-state index contributed by atoms with van der Waals surface area (Å²) in [6.07, 6.45) is 0. The second-order valence-corrected chi connectivity index (χ2v) is 8.62. The second kappa shape index (κ2) is 8.05. The fourth-order valence-corrected chi connectivity index (χ4v) is 4.54. The van der Waals surface area contributed by atoms with Crippen LogP contribution in [0.1, 0.15) is 28.8 Å². The zero-order valence-electron chi connectivity index (χ0n) is 15.5. The van der Waals surface area contributed by atoms with E-state index in [1.807, 2.05) is 67.6 Å². The van der Waals surface area contributed by atoms with E-state index < -0.39 is 22.1 Å². The van der Waals surface area contributed by atoms with Crippen LogP contribution in [0.3, 0.4) is 0 Å². The topological polar surface area (TPSA) is 63.4 Å². The number of aryl methyl sites for hydroxylation is 1. The predicted octanol–water partition coefficient (Wildman–Crippen LogP) is 4.06. The summed E-state index contributed by atoms with van der Waals surface area (Å²) in [4.78, 5) is 0.261. The lowest BCUT2D eigenvalue weighted by atomic mass is 9.94. The summed E-state index contributed by atoms with van der Waals surface area (Å²) in [6, 6.07) is 24.9. The highest BCUT2D eigenvalue weighted by Crippen LogP contribution is 2.35. The van der Waals surface area contributed by atoms with Gasteiger partial charge in [-0.2, -0.15) is 4.31 Å². The van der Waals surface area contributed by atoms with E-state index in [0.29, 0.717) is 0 Å². The molecule has 0 aliphatic heterocycles. The number of benzene rings is 3. The van der Waals surface area contributed by atoms with E-state index in [1.54, 1.807) is 31.3 Å². The molecule has 27 heavy (non-hydrogen) atoms. The Morgan fingerprint density at radius 1 is 0.778 bits per heavy atom. The molecular weight excluding hydrogens is 356 g/mol. The third-order valence-corrected chi connectivity index (χ3v) is 6.61. The van der Waals surface area contributed by atoms with Crippen LogP contribution in [0, 0.1) is 6.92 Å². The van der Waals surface area contributed by atoms with Crippen molar-refractivity contribution in [3.05, 3.63) is 102 Å². The number of likely N-dealkylation sites (N-methyl/N-ethyl adjacent to an activating group) is 1. The van der Waals surface area contributed by atoms with Gasteiger partial charge in [0.1, 0.15) is 0 Å². The number of rotatable bonds is 6. The van der Waals surface area contributed by atoms with Crippen LogP contribution in [0.25, 0.3) is 0 Å². The summed E-state index contributed by atoms with van der Waals surface area (Å²) < 4.78 is 27.9. The second-order valence-electron chi connectivity index (χ2n) is 6.63. The van der Waals surface area contributed by atoms with Gasteiger partial charge in [-0.1, -0.05) is 78.4 Å². The van der Waals surface area contributed by atoms with Crippen molar-refractivity contribution in [1.29, 1.82) is 0 Å². The fourth-order valence-electron chi connectivity index (χ4n) is 3.18. The summed E-state index contributed by atoms with van der Waals surface area (Å²) >= 11 is 0. The van der Waals surface area contributed by atoms with E-state index in [2.05, 4.69) is 0 Å². The van der Waals surface area contributed by atoms with Crippen LogP contribution >= 0.6 is 0 Å². The van der Waals surface area contributed by atoms with Crippen molar-refractivity contribution >= 4 is 10.0 Å². The van der Waals surface area contributed by atoms with Crippen LogP contribution in [0.4, 0.5) is 0 Å². The lowest BCUT2D eigenvalue weighted by molar-refractivity contribution is 0.328. The molecule has 2 atom stereocenters. The predicted molar refractivity (Wildman–Crippen MR) is 109 cm³/mol. The van der Waals surface area contributed by atoms with Gasteiger partial charge in [0.05, 0.1) is 17.0 Å². The minimum Gasteiger partial charge on any atom is -0.322 e. The van der Waals surface area contributed by atoms with Gasteiger partial charge in [-0.25, -0.2) is 8.42 Å². The third kappa shape index (κ3) is 4.11. The first-order valence-electron chi connectivity index (χ1n) is 8.81. The van der Waals surface area contributed by atoms with Crippen molar-refractivity contribution < 1.29 is 8.42 Å². The van der Waals surface area contributed by atoms with Crippen molar-refractivity contribution in [3.8, 4) is 0 Å². The average molecular weight is 381 g/mol. The Balaban J connectivity index is 2.06. The first kappa shape index (κ1) is 19.3. The van der Waals surface area contributed by atoms with E-state index in [-0.39, 0.29) is 4.90 Å². The van der Waals surface area contributed by atoms with Crippen LogP contribution in [0.5, 0.6) is 0 Å². The lowest BCUT2D eigenvalue weighted by Gasteiger charge is -2.32. The first-order valence-corrected chi connectivity index (χ1v) is 10.3. The molecule has 5 heteroatoms. The van der Waals surface area contributed by atoms with Gasteiger partial charge in [-0.3, -0.25) is 0 Å². The van der Waals surface area contributed by atoms with Crippen molar-refractivity contribution in [2.75, 3.05) is 7.05 Å². The Kier molecular flexibility index (Phi) is 5.75. The molecule has 0 aromatic heterocycles. The van der Waals surface area contributed by atoms with Crippen LogP contribution in [-0.2, 0) is 10.0 Å². The van der Waals surface area contributed by atoms with Gasteiger partial charge < -0.3 is 5.73 Å². The summed E-state index contributed by atoms with van der Waals surface area (Å²) in [5.74, 6) is 0. The SMILES string of the molecule is Cc1ccc(S(=O)(=O)N(C)[C@@H](c2ccccc2)[C@@H](N)c2ccccc2)cc1. The molecule has 140 valence electrons. The van der Waals surface area contributed by atoms with Gasteiger partial charge in [0.15, 0.2) is 0 Å².